The van der Waals surface area contributed by atoms with Crippen molar-refractivity contribution in [3.63, 3.8) is 0 Å². The number of aromatic nitrogens is 3. The monoisotopic (exact) mass is 450 g/mol. The normalized spacial score (nSPS) is 19.7. The van der Waals surface area contributed by atoms with E-state index in [-0.39, 0.29) is 5.91 Å². The average molecular weight is 451 g/mol. The molecule has 1 aliphatic carbocycles. The lowest BCUT2D eigenvalue weighted by molar-refractivity contribution is -0.134. The fourth-order valence-corrected chi connectivity index (χ4v) is 4.49. The predicted molar refractivity (Wildman–Crippen MR) is 116 cm³/mol. The molecule has 9 nitrogen and oxygen atoms in total. The Morgan fingerprint density at radius 3 is 2.78 bits per heavy atom. The number of fused-ring (bicyclic) bond motifs is 1. The van der Waals surface area contributed by atoms with Crippen LogP contribution in [-0.2, 0) is 22.4 Å². The minimum Gasteiger partial charge on any atom is -0.323 e. The maximum absolute atomic E-state index is 13.2. The summed E-state index contributed by atoms with van der Waals surface area (Å²) < 4.78 is 1.48. The third kappa shape index (κ3) is 3.50. The zero-order valence-electron chi connectivity index (χ0n) is 16.9. The zero-order chi connectivity index (χ0) is 22.3. The Morgan fingerprint density at radius 1 is 1.19 bits per heavy atom. The van der Waals surface area contributed by atoms with Crippen molar-refractivity contribution in [3.05, 3.63) is 71.3 Å². The highest BCUT2D eigenvalue weighted by Gasteiger charge is 2.52. The SMILES string of the molecule is O=C(CN1C(=O)NC2(CCc3ccccc3C2)C1=O)Nc1cc(Cl)ccc1-n1cncn1. The highest BCUT2D eigenvalue weighted by Crippen LogP contribution is 2.33. The number of hydrogen-bond donors (Lipinski definition) is 2. The topological polar surface area (TPSA) is 109 Å². The zero-order valence-corrected chi connectivity index (χ0v) is 17.7. The second-order valence-electron chi connectivity index (χ2n) is 7.90. The van der Waals surface area contributed by atoms with E-state index >= 15 is 0 Å². The number of rotatable bonds is 4. The minimum absolute atomic E-state index is 0.380. The van der Waals surface area contributed by atoms with Gasteiger partial charge >= 0.3 is 6.03 Å². The smallest absolute Gasteiger partial charge is 0.323 e. The molecule has 10 heteroatoms. The third-order valence-electron chi connectivity index (χ3n) is 5.88. The van der Waals surface area contributed by atoms with E-state index in [0.717, 1.165) is 10.5 Å². The molecule has 2 aliphatic rings. The second-order valence-corrected chi connectivity index (χ2v) is 8.34. The molecular formula is C22H19ClN6O3. The maximum atomic E-state index is 13.2. The molecule has 162 valence electrons. The van der Waals surface area contributed by atoms with E-state index < -0.39 is 24.0 Å². The van der Waals surface area contributed by atoms with Crippen LogP contribution in [0.15, 0.2) is 55.1 Å². The van der Waals surface area contributed by atoms with E-state index in [9.17, 15) is 14.4 Å². The molecule has 1 fully saturated rings. The molecule has 1 aliphatic heterocycles. The number of halogens is 1. The quantitative estimate of drug-likeness (QED) is 0.593. The van der Waals surface area contributed by atoms with E-state index in [1.165, 1.54) is 22.9 Å². The van der Waals surface area contributed by atoms with Gasteiger partial charge in [0.15, 0.2) is 0 Å². The van der Waals surface area contributed by atoms with Gasteiger partial charge in [-0.25, -0.2) is 14.5 Å². The summed E-state index contributed by atoms with van der Waals surface area (Å²) in [5.41, 5.74) is 2.15. The van der Waals surface area contributed by atoms with Gasteiger partial charge in [-0.3, -0.25) is 14.5 Å². The highest BCUT2D eigenvalue weighted by atomic mass is 35.5. The van der Waals surface area contributed by atoms with Crippen molar-refractivity contribution < 1.29 is 14.4 Å². The van der Waals surface area contributed by atoms with Crippen LogP contribution in [0.25, 0.3) is 5.69 Å². The first-order chi connectivity index (χ1) is 15.4. The molecule has 3 aromatic rings. The summed E-state index contributed by atoms with van der Waals surface area (Å²) in [5, 5.41) is 10.0. The molecule has 1 unspecified atom stereocenters. The van der Waals surface area contributed by atoms with Crippen LogP contribution in [0.4, 0.5) is 10.5 Å². The van der Waals surface area contributed by atoms with Crippen LogP contribution in [0, 0.1) is 0 Å². The number of anilines is 1. The van der Waals surface area contributed by atoms with Crippen LogP contribution in [0.1, 0.15) is 17.5 Å². The molecule has 1 atom stereocenters. The highest BCUT2D eigenvalue weighted by molar-refractivity contribution is 6.31. The second kappa shape index (κ2) is 7.76. The van der Waals surface area contributed by atoms with Gasteiger partial charge in [0.05, 0.1) is 11.4 Å². The molecule has 1 saturated heterocycles. The Hall–Kier alpha value is -3.72. The summed E-state index contributed by atoms with van der Waals surface area (Å²) >= 11 is 6.09. The molecule has 0 bridgehead atoms. The standard InChI is InChI=1S/C22H19ClN6O3/c23-16-5-6-18(29-13-24-12-25-29)17(9-16)26-19(30)11-28-20(31)22(27-21(28)32)8-7-14-3-1-2-4-15(14)10-22/h1-6,9,12-13H,7-8,10-11H2,(H,26,30)(H,27,32). The summed E-state index contributed by atoms with van der Waals surface area (Å²) in [6.07, 6.45) is 4.45. The lowest BCUT2D eigenvalue weighted by Gasteiger charge is -2.32. The predicted octanol–water partition coefficient (Wildman–Crippen LogP) is 2.34. The number of nitrogens with zero attached hydrogens (tertiary/aromatic N) is 4. The Bertz CT molecular complexity index is 1230. The van der Waals surface area contributed by atoms with Gasteiger partial charge < -0.3 is 10.6 Å². The molecule has 0 saturated carbocycles. The van der Waals surface area contributed by atoms with E-state index in [0.29, 0.717) is 35.7 Å². The van der Waals surface area contributed by atoms with Crippen LogP contribution < -0.4 is 10.6 Å². The molecule has 2 aromatic carbocycles. The summed E-state index contributed by atoms with van der Waals surface area (Å²) in [6, 6.07) is 12.2. The Balaban J connectivity index is 1.33. The Kier molecular flexibility index (Phi) is 4.90. The van der Waals surface area contributed by atoms with Crippen LogP contribution in [0.5, 0.6) is 0 Å². The third-order valence-corrected chi connectivity index (χ3v) is 6.11. The molecule has 2 N–H and O–H groups in total. The van der Waals surface area contributed by atoms with Gasteiger partial charge in [0, 0.05) is 11.4 Å². The van der Waals surface area contributed by atoms with Crippen molar-refractivity contribution in [2.45, 2.75) is 24.8 Å². The Morgan fingerprint density at radius 2 is 2.00 bits per heavy atom. The first kappa shape index (κ1) is 20.2. The average Bonchev–Trinajstić information content (AvgIpc) is 3.38. The lowest BCUT2D eigenvalue weighted by Crippen LogP contribution is -2.51. The first-order valence-electron chi connectivity index (χ1n) is 10.1. The van der Waals surface area contributed by atoms with Crippen molar-refractivity contribution >= 4 is 35.1 Å². The van der Waals surface area contributed by atoms with Gasteiger partial charge in [0.2, 0.25) is 5.91 Å². The number of carbonyl (C=O) groups excluding carboxylic acids is 3. The van der Waals surface area contributed by atoms with E-state index in [4.69, 9.17) is 11.6 Å². The number of aryl methyl sites for hydroxylation is 1. The van der Waals surface area contributed by atoms with Crippen molar-refractivity contribution in [2.75, 3.05) is 11.9 Å². The van der Waals surface area contributed by atoms with Crippen LogP contribution in [0.3, 0.4) is 0 Å². The van der Waals surface area contributed by atoms with Gasteiger partial charge in [-0.15, -0.1) is 0 Å². The van der Waals surface area contributed by atoms with Crippen LogP contribution >= 0.6 is 11.6 Å². The first-order valence-corrected chi connectivity index (χ1v) is 10.5. The molecule has 32 heavy (non-hydrogen) atoms. The molecule has 0 radical (unpaired) electrons. The molecule has 1 spiro atoms. The number of hydrogen-bond acceptors (Lipinski definition) is 5. The van der Waals surface area contributed by atoms with Gasteiger partial charge in [-0.2, -0.15) is 5.10 Å². The van der Waals surface area contributed by atoms with E-state index in [1.54, 1.807) is 18.2 Å². The molecule has 2 heterocycles. The largest absolute Gasteiger partial charge is 0.325 e. The number of benzene rings is 2. The maximum Gasteiger partial charge on any atom is 0.325 e. The number of nitrogens with one attached hydrogen (secondary N) is 2. The summed E-state index contributed by atoms with van der Waals surface area (Å²) in [7, 11) is 0. The van der Waals surface area contributed by atoms with Crippen molar-refractivity contribution in [1.29, 1.82) is 0 Å². The van der Waals surface area contributed by atoms with Crippen molar-refractivity contribution in [2.24, 2.45) is 0 Å². The molecular weight excluding hydrogens is 432 g/mol. The minimum atomic E-state index is -1.01. The van der Waals surface area contributed by atoms with Crippen LogP contribution in [0.2, 0.25) is 5.02 Å². The van der Waals surface area contributed by atoms with Gasteiger partial charge in [0.1, 0.15) is 24.7 Å². The number of carbonyl (C=O) groups is 3. The summed E-state index contributed by atoms with van der Waals surface area (Å²) in [6.45, 7) is -0.405. The summed E-state index contributed by atoms with van der Waals surface area (Å²) in [5.74, 6) is -0.903. The lowest BCUT2D eigenvalue weighted by atomic mass is 9.78. The number of imide groups is 1. The molecule has 5 rings (SSSR count). The van der Waals surface area contributed by atoms with Gasteiger partial charge in [0.25, 0.3) is 5.91 Å². The molecule has 1 aromatic heterocycles. The van der Waals surface area contributed by atoms with E-state index in [1.807, 2.05) is 24.3 Å². The number of amides is 4. The van der Waals surface area contributed by atoms with Crippen molar-refractivity contribution in [1.82, 2.24) is 25.0 Å². The van der Waals surface area contributed by atoms with Gasteiger partial charge in [-0.05, 0) is 42.2 Å². The summed E-state index contributed by atoms with van der Waals surface area (Å²) in [4.78, 5) is 43.5. The van der Waals surface area contributed by atoms with E-state index in [2.05, 4.69) is 20.7 Å². The van der Waals surface area contributed by atoms with Crippen molar-refractivity contribution in [3.8, 4) is 5.69 Å². The van der Waals surface area contributed by atoms with Crippen LogP contribution in [-0.4, -0.2) is 49.6 Å². The Labute approximate surface area is 188 Å². The number of urea groups is 1. The van der Waals surface area contributed by atoms with Gasteiger partial charge in [-0.1, -0.05) is 35.9 Å². The fraction of sp³-hybridized carbons (Fsp3) is 0.227. The fourth-order valence-electron chi connectivity index (χ4n) is 4.32. The molecule has 4 amide bonds.